The molecule has 0 spiro atoms. The van der Waals surface area contributed by atoms with Gasteiger partial charge in [0, 0.05) is 10.4 Å². The van der Waals surface area contributed by atoms with Crippen LogP contribution in [0.2, 0.25) is 5.02 Å². The molecule has 0 saturated carbocycles. The molecule has 0 unspecified atom stereocenters. The van der Waals surface area contributed by atoms with E-state index in [-0.39, 0.29) is 5.78 Å². The fourth-order valence-electron chi connectivity index (χ4n) is 1.75. The number of fused-ring (bicyclic) bond motifs is 1. The van der Waals surface area contributed by atoms with Gasteiger partial charge in [0.25, 0.3) is 0 Å². The summed E-state index contributed by atoms with van der Waals surface area (Å²) in [6, 6.07) is 3.30. The Kier molecular flexibility index (Phi) is 2.20. The summed E-state index contributed by atoms with van der Waals surface area (Å²) in [4.78, 5) is 11.4. The standard InChI is InChI=1S/C11H10ClNO2/c1-5(14)10-6(2)15-11-8(10)3-7(12)4-9(11)13/h3-4H,13H2,1-2H3. The number of halogens is 1. The van der Waals surface area contributed by atoms with Gasteiger partial charge in [0.1, 0.15) is 5.76 Å². The molecule has 0 aliphatic carbocycles. The van der Waals surface area contributed by atoms with Crippen LogP contribution in [-0.2, 0) is 0 Å². The fourth-order valence-corrected chi connectivity index (χ4v) is 1.97. The van der Waals surface area contributed by atoms with E-state index in [1.165, 1.54) is 6.92 Å². The zero-order valence-electron chi connectivity index (χ0n) is 8.43. The molecule has 15 heavy (non-hydrogen) atoms. The Morgan fingerprint density at radius 3 is 2.73 bits per heavy atom. The van der Waals surface area contributed by atoms with Crippen molar-refractivity contribution in [2.75, 3.05) is 5.73 Å². The molecule has 1 aromatic heterocycles. The summed E-state index contributed by atoms with van der Waals surface area (Å²) >= 11 is 5.88. The van der Waals surface area contributed by atoms with Crippen molar-refractivity contribution in [1.29, 1.82) is 0 Å². The molecular weight excluding hydrogens is 214 g/mol. The van der Waals surface area contributed by atoms with Gasteiger partial charge in [-0.15, -0.1) is 0 Å². The molecule has 3 nitrogen and oxygen atoms in total. The molecule has 2 N–H and O–H groups in total. The van der Waals surface area contributed by atoms with Crippen LogP contribution in [0.25, 0.3) is 11.0 Å². The molecule has 4 heteroatoms. The van der Waals surface area contributed by atoms with Gasteiger partial charge in [-0.2, -0.15) is 0 Å². The van der Waals surface area contributed by atoms with Gasteiger partial charge in [-0.25, -0.2) is 0 Å². The van der Waals surface area contributed by atoms with Gasteiger partial charge in [0.2, 0.25) is 0 Å². The first-order valence-electron chi connectivity index (χ1n) is 4.49. The fraction of sp³-hybridized carbons (Fsp3) is 0.182. The Morgan fingerprint density at radius 2 is 2.13 bits per heavy atom. The van der Waals surface area contributed by atoms with Gasteiger partial charge in [0.15, 0.2) is 11.4 Å². The lowest BCUT2D eigenvalue weighted by Gasteiger charge is -1.96. The lowest BCUT2D eigenvalue weighted by Crippen LogP contribution is -1.92. The Hall–Kier alpha value is -1.48. The first-order valence-corrected chi connectivity index (χ1v) is 4.87. The maximum atomic E-state index is 11.4. The SMILES string of the molecule is CC(=O)c1c(C)oc2c(N)cc(Cl)cc12. The van der Waals surface area contributed by atoms with Crippen molar-refractivity contribution in [3.8, 4) is 0 Å². The van der Waals surface area contributed by atoms with E-state index in [9.17, 15) is 4.79 Å². The van der Waals surface area contributed by atoms with Crippen molar-refractivity contribution in [2.45, 2.75) is 13.8 Å². The van der Waals surface area contributed by atoms with E-state index >= 15 is 0 Å². The number of aryl methyl sites for hydroxylation is 1. The smallest absolute Gasteiger partial charge is 0.163 e. The highest BCUT2D eigenvalue weighted by Crippen LogP contribution is 2.32. The molecule has 78 valence electrons. The zero-order valence-corrected chi connectivity index (χ0v) is 9.18. The molecule has 2 rings (SSSR count). The van der Waals surface area contributed by atoms with E-state index in [1.807, 2.05) is 0 Å². The van der Waals surface area contributed by atoms with Crippen LogP contribution in [0.4, 0.5) is 5.69 Å². The van der Waals surface area contributed by atoms with E-state index in [0.717, 1.165) is 0 Å². The second-order valence-corrected chi connectivity index (χ2v) is 3.90. The first-order chi connectivity index (χ1) is 7.00. The quantitative estimate of drug-likeness (QED) is 0.597. The maximum Gasteiger partial charge on any atom is 0.163 e. The van der Waals surface area contributed by atoms with E-state index in [1.54, 1.807) is 19.1 Å². The van der Waals surface area contributed by atoms with Crippen LogP contribution in [0.1, 0.15) is 23.0 Å². The van der Waals surface area contributed by atoms with Gasteiger partial charge in [-0.05, 0) is 26.0 Å². The molecule has 0 amide bonds. The number of benzene rings is 1. The number of Topliss-reactive ketones (excluding diaryl/α,β-unsaturated/α-hetero) is 1. The molecule has 1 aromatic carbocycles. The largest absolute Gasteiger partial charge is 0.458 e. The van der Waals surface area contributed by atoms with Crippen molar-refractivity contribution < 1.29 is 9.21 Å². The molecule has 0 saturated heterocycles. The average Bonchev–Trinajstić information content (AvgIpc) is 2.41. The van der Waals surface area contributed by atoms with E-state index in [0.29, 0.717) is 33.0 Å². The summed E-state index contributed by atoms with van der Waals surface area (Å²) in [5, 5.41) is 1.19. The molecular formula is C11H10ClNO2. The van der Waals surface area contributed by atoms with E-state index < -0.39 is 0 Å². The van der Waals surface area contributed by atoms with Crippen LogP contribution < -0.4 is 5.73 Å². The molecule has 0 fully saturated rings. The van der Waals surface area contributed by atoms with Gasteiger partial charge >= 0.3 is 0 Å². The van der Waals surface area contributed by atoms with Gasteiger partial charge in [-0.3, -0.25) is 4.79 Å². The normalized spacial score (nSPS) is 10.9. The van der Waals surface area contributed by atoms with Crippen molar-refractivity contribution in [3.05, 3.63) is 28.5 Å². The molecule has 0 radical (unpaired) electrons. The number of furan rings is 1. The first kappa shape index (κ1) is 10.1. The third-order valence-corrected chi connectivity index (χ3v) is 2.53. The minimum absolute atomic E-state index is 0.0482. The number of rotatable bonds is 1. The highest BCUT2D eigenvalue weighted by Gasteiger charge is 2.16. The second-order valence-electron chi connectivity index (χ2n) is 3.46. The van der Waals surface area contributed by atoms with Gasteiger partial charge in [0.05, 0.1) is 11.3 Å². The number of hydrogen-bond acceptors (Lipinski definition) is 3. The summed E-state index contributed by atoms with van der Waals surface area (Å²) in [6.45, 7) is 3.23. The van der Waals surface area contributed by atoms with Crippen molar-refractivity contribution >= 4 is 34.0 Å². The molecule has 2 aromatic rings. The van der Waals surface area contributed by atoms with Crippen LogP contribution in [0.15, 0.2) is 16.5 Å². The minimum atomic E-state index is -0.0482. The van der Waals surface area contributed by atoms with Crippen LogP contribution >= 0.6 is 11.6 Å². The number of anilines is 1. The lowest BCUT2D eigenvalue weighted by molar-refractivity contribution is 0.101. The van der Waals surface area contributed by atoms with Crippen LogP contribution in [0.5, 0.6) is 0 Å². The Labute approximate surface area is 91.8 Å². The number of nitrogen functional groups attached to an aromatic ring is 1. The van der Waals surface area contributed by atoms with E-state index in [4.69, 9.17) is 21.8 Å². The van der Waals surface area contributed by atoms with Gasteiger partial charge < -0.3 is 10.2 Å². The molecule has 0 aliphatic heterocycles. The summed E-state index contributed by atoms with van der Waals surface area (Å²) in [5.41, 5.74) is 7.29. The predicted molar refractivity (Wildman–Crippen MR) is 60.4 cm³/mol. The topological polar surface area (TPSA) is 56.2 Å². The van der Waals surface area contributed by atoms with Crippen molar-refractivity contribution in [3.63, 3.8) is 0 Å². The molecule has 0 bridgehead atoms. The van der Waals surface area contributed by atoms with E-state index in [2.05, 4.69) is 0 Å². The number of nitrogens with two attached hydrogens (primary N) is 1. The third-order valence-electron chi connectivity index (χ3n) is 2.31. The monoisotopic (exact) mass is 223 g/mol. The molecule has 1 heterocycles. The van der Waals surface area contributed by atoms with Crippen LogP contribution in [0, 0.1) is 6.92 Å². The summed E-state index contributed by atoms with van der Waals surface area (Å²) in [7, 11) is 0. The average molecular weight is 224 g/mol. The summed E-state index contributed by atoms with van der Waals surface area (Å²) in [6.07, 6.45) is 0. The Bertz CT molecular complexity index is 557. The Morgan fingerprint density at radius 1 is 1.47 bits per heavy atom. The van der Waals surface area contributed by atoms with Crippen molar-refractivity contribution in [1.82, 2.24) is 0 Å². The van der Waals surface area contributed by atoms with Crippen LogP contribution in [0.3, 0.4) is 0 Å². The molecule has 0 atom stereocenters. The Balaban J connectivity index is 2.93. The van der Waals surface area contributed by atoms with Gasteiger partial charge in [-0.1, -0.05) is 11.6 Å². The van der Waals surface area contributed by atoms with Crippen molar-refractivity contribution in [2.24, 2.45) is 0 Å². The third kappa shape index (κ3) is 1.49. The maximum absolute atomic E-state index is 11.4. The second kappa shape index (κ2) is 3.28. The number of hydrogen-bond donors (Lipinski definition) is 1. The predicted octanol–water partition coefficient (Wildman–Crippen LogP) is 3.18. The number of carbonyl (C=O) groups excluding carboxylic acids is 1. The van der Waals surface area contributed by atoms with Crippen LogP contribution in [-0.4, -0.2) is 5.78 Å². The highest BCUT2D eigenvalue weighted by atomic mass is 35.5. The number of ketones is 1. The number of carbonyl (C=O) groups is 1. The zero-order chi connectivity index (χ0) is 11.2. The molecule has 0 aliphatic rings. The minimum Gasteiger partial charge on any atom is -0.458 e. The summed E-state index contributed by atoms with van der Waals surface area (Å²) in [5.74, 6) is 0.527. The lowest BCUT2D eigenvalue weighted by atomic mass is 10.1. The summed E-state index contributed by atoms with van der Waals surface area (Å²) < 4.78 is 5.44. The highest BCUT2D eigenvalue weighted by molar-refractivity contribution is 6.32.